The Morgan fingerprint density at radius 1 is 1.38 bits per heavy atom. The van der Waals surface area contributed by atoms with Crippen molar-refractivity contribution in [3.05, 3.63) is 15.0 Å². The molecule has 2 saturated carbocycles. The van der Waals surface area contributed by atoms with E-state index in [9.17, 15) is 18.0 Å². The molecule has 5 nitrogen and oxygen atoms in total. The van der Waals surface area contributed by atoms with Crippen LogP contribution in [0.3, 0.4) is 0 Å². The average Bonchev–Trinajstić information content (AvgIpc) is 3.20. The molecule has 2 fully saturated rings. The van der Waals surface area contributed by atoms with Gasteiger partial charge in [0, 0.05) is 12.5 Å². The highest BCUT2D eigenvalue weighted by molar-refractivity contribution is 14.1. The van der Waals surface area contributed by atoms with Gasteiger partial charge in [0.15, 0.2) is 5.69 Å². The molecular weight excluding hydrogens is 440 g/mol. The van der Waals surface area contributed by atoms with E-state index in [0.717, 1.165) is 22.1 Å². The molecule has 0 unspecified atom stereocenters. The van der Waals surface area contributed by atoms with Gasteiger partial charge in [-0.1, -0.05) is 0 Å². The number of ether oxygens (including phenoxy) is 2. The lowest BCUT2D eigenvalue weighted by molar-refractivity contribution is -0.354. The Balaban J connectivity index is 1.69. The van der Waals surface area contributed by atoms with E-state index in [2.05, 4.69) is 32.4 Å². The summed E-state index contributed by atoms with van der Waals surface area (Å²) in [6.07, 6.45) is -2.64. The van der Waals surface area contributed by atoms with Gasteiger partial charge in [-0.15, -0.1) is 13.2 Å². The summed E-state index contributed by atoms with van der Waals surface area (Å²) >= 11 is 2.11. The van der Waals surface area contributed by atoms with E-state index in [1.807, 2.05) is 0 Å². The molecule has 0 saturated heterocycles. The van der Waals surface area contributed by atoms with Gasteiger partial charge in [0.1, 0.15) is 0 Å². The molecule has 9 heteroatoms. The number of rotatable bonds is 6. The van der Waals surface area contributed by atoms with Crippen LogP contribution >= 0.6 is 22.6 Å². The first-order valence-corrected chi connectivity index (χ1v) is 9.04. The lowest BCUT2D eigenvalue weighted by Gasteiger charge is -2.35. The minimum Gasteiger partial charge on any atom is -0.461 e. The fourth-order valence-corrected chi connectivity index (χ4v) is 4.00. The standard InChI is InChI=1S/C15H18F3IN2O3/c1-2-23-14(22)13-11(19)12(9-3-4-9)20-21(13)7-8-5-10(6-8)24-15(16,17)18/h8-10H,2-7H2,1H3. The maximum Gasteiger partial charge on any atom is 0.522 e. The normalized spacial score (nSPS) is 23.9. The van der Waals surface area contributed by atoms with Gasteiger partial charge < -0.3 is 4.74 Å². The van der Waals surface area contributed by atoms with Gasteiger partial charge in [0.25, 0.3) is 0 Å². The molecule has 0 radical (unpaired) electrons. The summed E-state index contributed by atoms with van der Waals surface area (Å²) in [6.45, 7) is 2.41. The van der Waals surface area contributed by atoms with Crippen LogP contribution in [0.4, 0.5) is 13.2 Å². The molecule has 1 heterocycles. The van der Waals surface area contributed by atoms with Gasteiger partial charge in [-0.3, -0.25) is 9.42 Å². The third-order valence-electron chi connectivity index (χ3n) is 4.28. The average molecular weight is 458 g/mol. The van der Waals surface area contributed by atoms with E-state index in [0.29, 0.717) is 31.0 Å². The van der Waals surface area contributed by atoms with E-state index >= 15 is 0 Å². The molecule has 0 amide bonds. The van der Waals surface area contributed by atoms with Gasteiger partial charge in [-0.05, 0) is 61.1 Å². The summed E-state index contributed by atoms with van der Waals surface area (Å²) in [7, 11) is 0. The maximum absolute atomic E-state index is 12.2. The number of alkyl halides is 3. The van der Waals surface area contributed by atoms with Gasteiger partial charge in [0.2, 0.25) is 0 Å². The van der Waals surface area contributed by atoms with Crippen molar-refractivity contribution >= 4 is 28.6 Å². The first kappa shape index (κ1) is 18.0. The quantitative estimate of drug-likeness (QED) is 0.480. The van der Waals surface area contributed by atoms with Crippen LogP contribution in [-0.4, -0.2) is 34.8 Å². The number of carbonyl (C=O) groups excluding carboxylic acids is 1. The Kier molecular flexibility index (Phi) is 5.10. The molecule has 0 spiro atoms. The molecule has 0 bridgehead atoms. The fraction of sp³-hybridized carbons (Fsp3) is 0.733. The number of hydrogen-bond acceptors (Lipinski definition) is 4. The van der Waals surface area contributed by atoms with Crippen LogP contribution in [0, 0.1) is 9.49 Å². The van der Waals surface area contributed by atoms with Crippen LogP contribution in [0.25, 0.3) is 0 Å². The summed E-state index contributed by atoms with van der Waals surface area (Å²) in [5.41, 5.74) is 1.32. The first-order valence-electron chi connectivity index (χ1n) is 7.96. The second kappa shape index (κ2) is 6.81. The summed E-state index contributed by atoms with van der Waals surface area (Å²) < 4.78 is 48.1. The van der Waals surface area contributed by atoms with Crippen molar-refractivity contribution < 1.29 is 27.4 Å². The van der Waals surface area contributed by atoms with Crippen molar-refractivity contribution in [2.45, 2.75) is 57.5 Å². The molecule has 24 heavy (non-hydrogen) atoms. The van der Waals surface area contributed by atoms with Gasteiger partial charge in [-0.25, -0.2) is 4.79 Å². The summed E-state index contributed by atoms with van der Waals surface area (Å²) in [5.74, 6) is -0.0222. The number of esters is 1. The van der Waals surface area contributed by atoms with Crippen LogP contribution in [0.1, 0.15) is 54.7 Å². The van der Waals surface area contributed by atoms with E-state index in [-0.39, 0.29) is 12.5 Å². The molecule has 1 aromatic rings. The molecule has 2 aliphatic rings. The lowest BCUT2D eigenvalue weighted by Crippen LogP contribution is -2.38. The molecule has 3 rings (SSSR count). The fourth-order valence-electron chi connectivity index (χ4n) is 2.96. The molecule has 2 aliphatic carbocycles. The largest absolute Gasteiger partial charge is 0.522 e. The molecule has 134 valence electrons. The first-order chi connectivity index (χ1) is 11.3. The number of nitrogens with zero attached hydrogens (tertiary/aromatic N) is 2. The highest BCUT2D eigenvalue weighted by Gasteiger charge is 2.41. The second-order valence-electron chi connectivity index (χ2n) is 6.25. The lowest BCUT2D eigenvalue weighted by atomic mass is 9.82. The number of hydrogen-bond donors (Lipinski definition) is 0. The van der Waals surface area contributed by atoms with Gasteiger partial charge >= 0.3 is 12.3 Å². The Morgan fingerprint density at radius 2 is 2.04 bits per heavy atom. The third kappa shape index (κ3) is 4.04. The van der Waals surface area contributed by atoms with Crippen molar-refractivity contribution in [1.29, 1.82) is 0 Å². The smallest absolute Gasteiger partial charge is 0.461 e. The zero-order valence-corrected chi connectivity index (χ0v) is 15.3. The topological polar surface area (TPSA) is 53.3 Å². The molecule has 0 N–H and O–H groups in total. The van der Waals surface area contributed by atoms with Crippen LogP contribution in [-0.2, 0) is 16.0 Å². The Hall–Kier alpha value is -0.840. The van der Waals surface area contributed by atoms with Crippen LogP contribution in [0.5, 0.6) is 0 Å². The van der Waals surface area contributed by atoms with Gasteiger partial charge in [0.05, 0.1) is 22.0 Å². The SMILES string of the molecule is CCOC(=O)c1c(I)c(C2CC2)nn1CC1CC(OC(F)(F)F)C1. The number of halogens is 4. The van der Waals surface area contributed by atoms with Crippen molar-refractivity contribution in [2.24, 2.45) is 5.92 Å². The molecule has 0 atom stereocenters. The van der Waals surface area contributed by atoms with E-state index in [1.54, 1.807) is 11.6 Å². The minimum absolute atomic E-state index is 0.0216. The van der Waals surface area contributed by atoms with Crippen molar-refractivity contribution in [1.82, 2.24) is 9.78 Å². The van der Waals surface area contributed by atoms with E-state index in [4.69, 9.17) is 4.74 Å². The summed E-state index contributed by atoms with van der Waals surface area (Å²) in [6, 6.07) is 0. The van der Waals surface area contributed by atoms with Crippen LogP contribution in [0.2, 0.25) is 0 Å². The third-order valence-corrected chi connectivity index (χ3v) is 5.34. The summed E-state index contributed by atoms with van der Waals surface area (Å²) in [4.78, 5) is 12.2. The van der Waals surface area contributed by atoms with Crippen LogP contribution in [0.15, 0.2) is 0 Å². The Morgan fingerprint density at radius 3 is 2.58 bits per heavy atom. The van der Waals surface area contributed by atoms with Gasteiger partial charge in [-0.2, -0.15) is 5.10 Å². The highest BCUT2D eigenvalue weighted by Crippen LogP contribution is 2.43. The van der Waals surface area contributed by atoms with Crippen molar-refractivity contribution in [3.8, 4) is 0 Å². The monoisotopic (exact) mass is 458 g/mol. The molecule has 0 aromatic carbocycles. The Bertz CT molecular complexity index is 622. The van der Waals surface area contributed by atoms with E-state index < -0.39 is 18.4 Å². The zero-order chi connectivity index (χ0) is 17.5. The van der Waals surface area contributed by atoms with Crippen LogP contribution < -0.4 is 0 Å². The highest BCUT2D eigenvalue weighted by atomic mass is 127. The number of carbonyl (C=O) groups is 1. The molecule has 1 aromatic heterocycles. The predicted molar refractivity (Wildman–Crippen MR) is 86.5 cm³/mol. The number of aromatic nitrogens is 2. The predicted octanol–water partition coefficient (Wildman–Crippen LogP) is 3.86. The minimum atomic E-state index is -4.59. The van der Waals surface area contributed by atoms with E-state index in [1.165, 1.54) is 0 Å². The van der Waals surface area contributed by atoms with Crippen molar-refractivity contribution in [3.63, 3.8) is 0 Å². The second-order valence-corrected chi connectivity index (χ2v) is 7.33. The maximum atomic E-state index is 12.2. The molecular formula is C15H18F3IN2O3. The van der Waals surface area contributed by atoms with Crippen molar-refractivity contribution in [2.75, 3.05) is 6.61 Å². The summed E-state index contributed by atoms with van der Waals surface area (Å²) in [5, 5.41) is 4.54. The molecule has 0 aliphatic heterocycles. The zero-order valence-electron chi connectivity index (χ0n) is 13.1. The Labute approximate surface area is 151 Å².